The number of nitrogens with one attached hydrogen (secondary N) is 1. The van der Waals surface area contributed by atoms with E-state index in [-0.39, 0.29) is 0 Å². The van der Waals surface area contributed by atoms with E-state index in [0.29, 0.717) is 11.6 Å². The Bertz CT molecular complexity index is 368. The first kappa shape index (κ1) is 12.6. The molecule has 1 atom stereocenters. The van der Waals surface area contributed by atoms with Crippen molar-refractivity contribution < 1.29 is 0 Å². The van der Waals surface area contributed by atoms with Crippen molar-refractivity contribution in [3.63, 3.8) is 0 Å². The summed E-state index contributed by atoms with van der Waals surface area (Å²) in [6.07, 6.45) is 6.82. The lowest BCUT2D eigenvalue weighted by Crippen LogP contribution is -2.59. The van der Waals surface area contributed by atoms with Gasteiger partial charge in [0.15, 0.2) is 0 Å². The van der Waals surface area contributed by atoms with Gasteiger partial charge in [-0.05, 0) is 30.7 Å². The van der Waals surface area contributed by atoms with Crippen LogP contribution in [0.3, 0.4) is 0 Å². The molecular weight excluding hydrogens is 240 g/mol. The molecule has 1 aliphatic carbocycles. The molecule has 1 aromatic heterocycles. The number of thiophene rings is 1. The summed E-state index contributed by atoms with van der Waals surface area (Å²) in [5.41, 5.74) is 0.447. The fourth-order valence-electron chi connectivity index (χ4n) is 3.76. The van der Waals surface area contributed by atoms with Crippen LogP contribution in [0.25, 0.3) is 0 Å². The second kappa shape index (κ2) is 5.32. The predicted octanol–water partition coefficient (Wildman–Crippen LogP) is 3.42. The molecule has 0 radical (unpaired) electrons. The van der Waals surface area contributed by atoms with Gasteiger partial charge in [0.1, 0.15) is 0 Å². The Hall–Kier alpha value is -0.380. The molecule has 1 aliphatic heterocycles. The zero-order valence-corrected chi connectivity index (χ0v) is 12.1. The SMILES string of the molecule is CCC(c1cccs1)N1CCNC2(CCCC2)C1. The van der Waals surface area contributed by atoms with Crippen molar-refractivity contribution in [3.05, 3.63) is 22.4 Å². The quantitative estimate of drug-likeness (QED) is 0.900. The van der Waals surface area contributed by atoms with Gasteiger partial charge in [-0.15, -0.1) is 11.3 Å². The summed E-state index contributed by atoms with van der Waals surface area (Å²) in [5, 5.41) is 6.02. The van der Waals surface area contributed by atoms with E-state index in [1.54, 1.807) is 4.88 Å². The van der Waals surface area contributed by atoms with Crippen LogP contribution in [-0.4, -0.2) is 30.1 Å². The van der Waals surface area contributed by atoms with Crippen molar-refractivity contribution in [1.29, 1.82) is 0 Å². The number of nitrogens with zero attached hydrogens (tertiary/aromatic N) is 1. The van der Waals surface area contributed by atoms with Crippen molar-refractivity contribution in [2.45, 2.75) is 50.6 Å². The first-order valence-electron chi connectivity index (χ1n) is 7.35. The molecule has 0 bridgehead atoms. The summed E-state index contributed by atoms with van der Waals surface area (Å²) >= 11 is 1.92. The van der Waals surface area contributed by atoms with Gasteiger partial charge >= 0.3 is 0 Å². The number of rotatable bonds is 3. The van der Waals surface area contributed by atoms with Gasteiger partial charge in [0.25, 0.3) is 0 Å². The molecule has 0 aromatic carbocycles. The zero-order valence-electron chi connectivity index (χ0n) is 11.3. The first-order valence-corrected chi connectivity index (χ1v) is 8.23. The smallest absolute Gasteiger partial charge is 0.0440 e. The largest absolute Gasteiger partial charge is 0.309 e. The minimum atomic E-state index is 0.447. The summed E-state index contributed by atoms with van der Waals surface area (Å²) in [6.45, 7) is 5.96. The third-order valence-corrected chi connectivity index (χ3v) is 5.64. The first-order chi connectivity index (χ1) is 8.83. The number of hydrogen-bond donors (Lipinski definition) is 1. The molecule has 1 N–H and O–H groups in total. The van der Waals surface area contributed by atoms with Crippen LogP contribution in [0.4, 0.5) is 0 Å². The van der Waals surface area contributed by atoms with Gasteiger partial charge in [0.2, 0.25) is 0 Å². The predicted molar refractivity (Wildman–Crippen MR) is 78.1 cm³/mol. The minimum absolute atomic E-state index is 0.447. The lowest BCUT2D eigenvalue weighted by Gasteiger charge is -2.44. The van der Waals surface area contributed by atoms with Crippen LogP contribution in [0.15, 0.2) is 17.5 Å². The molecular formula is C15H24N2S. The maximum atomic E-state index is 3.81. The highest BCUT2D eigenvalue weighted by Crippen LogP contribution is 2.36. The molecule has 100 valence electrons. The average molecular weight is 264 g/mol. The van der Waals surface area contributed by atoms with E-state index in [9.17, 15) is 0 Å². The molecule has 1 unspecified atom stereocenters. The topological polar surface area (TPSA) is 15.3 Å². The molecule has 1 aromatic rings. The molecule has 1 saturated heterocycles. The second-order valence-corrected chi connectivity index (χ2v) is 6.80. The van der Waals surface area contributed by atoms with Crippen LogP contribution in [0.1, 0.15) is 49.9 Å². The van der Waals surface area contributed by atoms with Gasteiger partial charge in [-0.3, -0.25) is 4.90 Å². The molecule has 2 heterocycles. The Morgan fingerprint density at radius 3 is 2.94 bits per heavy atom. The maximum absolute atomic E-state index is 3.81. The van der Waals surface area contributed by atoms with E-state index in [0.717, 1.165) is 0 Å². The monoisotopic (exact) mass is 264 g/mol. The second-order valence-electron chi connectivity index (χ2n) is 5.82. The molecule has 1 saturated carbocycles. The Morgan fingerprint density at radius 1 is 1.44 bits per heavy atom. The van der Waals surface area contributed by atoms with Crippen LogP contribution in [0.2, 0.25) is 0 Å². The highest BCUT2D eigenvalue weighted by Gasteiger charge is 2.39. The standard InChI is InChI=1S/C15H24N2S/c1-2-13(14-6-5-11-18-14)17-10-9-16-15(12-17)7-3-4-8-15/h5-6,11,13,16H,2-4,7-10,12H2,1H3. The van der Waals surface area contributed by atoms with Crippen molar-refractivity contribution >= 4 is 11.3 Å². The van der Waals surface area contributed by atoms with Gasteiger partial charge < -0.3 is 5.32 Å². The molecule has 0 amide bonds. The summed E-state index contributed by atoms with van der Waals surface area (Å²) in [5.74, 6) is 0. The van der Waals surface area contributed by atoms with Gasteiger partial charge in [-0.25, -0.2) is 0 Å². The highest BCUT2D eigenvalue weighted by atomic mass is 32.1. The Labute approximate surface area is 114 Å². The summed E-state index contributed by atoms with van der Waals surface area (Å²) in [7, 11) is 0. The highest BCUT2D eigenvalue weighted by molar-refractivity contribution is 7.10. The maximum Gasteiger partial charge on any atom is 0.0440 e. The van der Waals surface area contributed by atoms with Gasteiger partial charge in [0, 0.05) is 36.1 Å². The van der Waals surface area contributed by atoms with E-state index in [4.69, 9.17) is 0 Å². The van der Waals surface area contributed by atoms with E-state index in [1.807, 2.05) is 11.3 Å². The third kappa shape index (κ3) is 2.36. The molecule has 3 heteroatoms. The Balaban J connectivity index is 1.74. The summed E-state index contributed by atoms with van der Waals surface area (Å²) in [6, 6.07) is 5.14. The van der Waals surface area contributed by atoms with Crippen LogP contribution < -0.4 is 5.32 Å². The molecule has 3 rings (SSSR count). The fraction of sp³-hybridized carbons (Fsp3) is 0.733. The summed E-state index contributed by atoms with van der Waals surface area (Å²) in [4.78, 5) is 4.28. The summed E-state index contributed by atoms with van der Waals surface area (Å²) < 4.78 is 0. The van der Waals surface area contributed by atoms with Crippen molar-refractivity contribution in [1.82, 2.24) is 10.2 Å². The zero-order chi connectivity index (χ0) is 12.4. The van der Waals surface area contributed by atoms with Crippen molar-refractivity contribution in [2.24, 2.45) is 0 Å². The van der Waals surface area contributed by atoms with Crippen molar-refractivity contribution in [3.8, 4) is 0 Å². The van der Waals surface area contributed by atoms with Crippen LogP contribution >= 0.6 is 11.3 Å². The molecule has 2 nitrogen and oxygen atoms in total. The van der Waals surface area contributed by atoms with E-state index in [2.05, 4.69) is 34.7 Å². The molecule has 18 heavy (non-hydrogen) atoms. The van der Waals surface area contributed by atoms with E-state index in [1.165, 1.54) is 51.7 Å². The van der Waals surface area contributed by atoms with Gasteiger partial charge in [-0.1, -0.05) is 25.8 Å². The molecule has 1 spiro atoms. The lowest BCUT2D eigenvalue weighted by atomic mass is 9.93. The van der Waals surface area contributed by atoms with E-state index < -0.39 is 0 Å². The Kier molecular flexibility index (Phi) is 3.73. The normalized spacial score (nSPS) is 25.6. The lowest BCUT2D eigenvalue weighted by molar-refractivity contribution is 0.0928. The third-order valence-electron chi connectivity index (χ3n) is 4.66. The van der Waals surface area contributed by atoms with Gasteiger partial charge in [-0.2, -0.15) is 0 Å². The average Bonchev–Trinajstić information content (AvgIpc) is 3.03. The molecule has 2 fully saturated rings. The Morgan fingerprint density at radius 2 is 2.28 bits per heavy atom. The number of piperazine rings is 1. The molecule has 2 aliphatic rings. The fourth-order valence-corrected chi connectivity index (χ4v) is 4.71. The van der Waals surface area contributed by atoms with Crippen LogP contribution in [0.5, 0.6) is 0 Å². The van der Waals surface area contributed by atoms with Crippen LogP contribution in [0, 0.1) is 0 Å². The number of hydrogen-bond acceptors (Lipinski definition) is 3. The van der Waals surface area contributed by atoms with E-state index >= 15 is 0 Å². The van der Waals surface area contributed by atoms with Crippen LogP contribution in [-0.2, 0) is 0 Å². The van der Waals surface area contributed by atoms with Crippen molar-refractivity contribution in [2.75, 3.05) is 19.6 Å². The minimum Gasteiger partial charge on any atom is -0.309 e. The van der Waals surface area contributed by atoms with Gasteiger partial charge in [0.05, 0.1) is 0 Å².